The minimum atomic E-state index is -0.501. The van der Waals surface area contributed by atoms with Crippen LogP contribution >= 0.6 is 24.0 Å². The van der Waals surface area contributed by atoms with Gasteiger partial charge in [-0.15, -0.1) is 24.0 Å². The van der Waals surface area contributed by atoms with Crippen molar-refractivity contribution in [3.8, 4) is 0 Å². The molecule has 25 heavy (non-hydrogen) atoms. The number of aliphatic imine (C=N–C) groups is 1. The monoisotopic (exact) mass is 467 g/mol. The van der Waals surface area contributed by atoms with Gasteiger partial charge in [0.15, 0.2) is 5.96 Å². The summed E-state index contributed by atoms with van der Waals surface area (Å²) in [6.45, 7) is 16.6. The van der Waals surface area contributed by atoms with Gasteiger partial charge in [-0.25, -0.2) is 0 Å². The lowest BCUT2D eigenvalue weighted by atomic mass is 9.92. The van der Waals surface area contributed by atoms with Gasteiger partial charge >= 0.3 is 0 Å². The van der Waals surface area contributed by atoms with Crippen molar-refractivity contribution in [2.75, 3.05) is 32.7 Å². The largest absolute Gasteiger partial charge is 0.357 e. The van der Waals surface area contributed by atoms with Crippen LogP contribution in [0.4, 0.5) is 0 Å². The number of likely N-dealkylation sites (tertiary alicyclic amines) is 1. The molecule has 6 nitrogen and oxygen atoms in total. The van der Waals surface area contributed by atoms with E-state index < -0.39 is 5.41 Å². The molecule has 1 aliphatic heterocycles. The Kier molecular flexibility index (Phi) is 11.7. The molecule has 148 valence electrons. The second kappa shape index (κ2) is 11.9. The summed E-state index contributed by atoms with van der Waals surface area (Å²) in [5.41, 5.74) is -0.501. The van der Waals surface area contributed by atoms with Crippen LogP contribution in [-0.4, -0.2) is 61.6 Å². The third-order valence-electron chi connectivity index (χ3n) is 4.53. The van der Waals surface area contributed by atoms with Crippen molar-refractivity contribution in [1.29, 1.82) is 0 Å². The number of piperidine rings is 1. The number of hydrogen-bond donors (Lipinski definition) is 3. The molecule has 0 spiro atoms. The predicted molar refractivity (Wildman–Crippen MR) is 117 cm³/mol. The van der Waals surface area contributed by atoms with E-state index in [-0.39, 0.29) is 29.9 Å². The number of carbonyl (C=O) groups is 1. The minimum absolute atomic E-state index is 0. The second-order valence-electron chi connectivity index (χ2n) is 7.49. The number of halogens is 1. The van der Waals surface area contributed by atoms with E-state index in [1.807, 2.05) is 20.8 Å². The fraction of sp³-hybridized carbons (Fsp3) is 0.889. The Labute approximate surface area is 171 Å². The van der Waals surface area contributed by atoms with Crippen molar-refractivity contribution in [2.45, 2.75) is 66.5 Å². The van der Waals surface area contributed by atoms with Crippen LogP contribution < -0.4 is 16.0 Å². The number of guanidine groups is 1. The standard InChI is InChI=1S/C18H37N5O.HI/c1-7-19-16(24)18(5,6)13-21-17(20-8-2)22-15-9-11-23(12-10-15)14(3)4;/h14-15H,7-13H2,1-6H3,(H,19,24)(H2,20,21,22);1H. The van der Waals surface area contributed by atoms with Crippen molar-refractivity contribution < 1.29 is 4.79 Å². The van der Waals surface area contributed by atoms with E-state index in [0.29, 0.717) is 25.2 Å². The molecule has 0 unspecified atom stereocenters. The maximum Gasteiger partial charge on any atom is 0.227 e. The van der Waals surface area contributed by atoms with E-state index in [1.54, 1.807) is 0 Å². The number of rotatable bonds is 7. The lowest BCUT2D eigenvalue weighted by Crippen LogP contribution is -2.50. The Balaban J connectivity index is 0.00000576. The van der Waals surface area contributed by atoms with Gasteiger partial charge < -0.3 is 20.9 Å². The molecule has 0 atom stereocenters. The zero-order valence-corrected chi connectivity index (χ0v) is 19.1. The van der Waals surface area contributed by atoms with E-state index in [0.717, 1.165) is 38.4 Å². The van der Waals surface area contributed by atoms with Crippen LogP contribution in [0.25, 0.3) is 0 Å². The minimum Gasteiger partial charge on any atom is -0.357 e. The Morgan fingerprint density at radius 2 is 1.72 bits per heavy atom. The van der Waals surface area contributed by atoms with Gasteiger partial charge in [0.2, 0.25) is 5.91 Å². The molecule has 0 saturated carbocycles. The summed E-state index contributed by atoms with van der Waals surface area (Å²) in [7, 11) is 0. The molecule has 0 radical (unpaired) electrons. The van der Waals surface area contributed by atoms with Gasteiger partial charge in [-0.3, -0.25) is 9.79 Å². The average molecular weight is 467 g/mol. The third kappa shape index (κ3) is 8.57. The topological polar surface area (TPSA) is 68.8 Å². The Bertz CT molecular complexity index is 418. The molecular weight excluding hydrogens is 429 g/mol. The van der Waals surface area contributed by atoms with E-state index in [9.17, 15) is 4.79 Å². The van der Waals surface area contributed by atoms with E-state index >= 15 is 0 Å². The molecule has 0 aliphatic carbocycles. The van der Waals surface area contributed by atoms with Crippen LogP contribution in [0.2, 0.25) is 0 Å². The van der Waals surface area contributed by atoms with E-state index in [4.69, 9.17) is 0 Å². The normalized spacial score (nSPS) is 17.2. The Hall–Kier alpha value is -0.570. The van der Waals surface area contributed by atoms with Gasteiger partial charge in [0.1, 0.15) is 0 Å². The van der Waals surface area contributed by atoms with Gasteiger partial charge in [0, 0.05) is 38.3 Å². The smallest absolute Gasteiger partial charge is 0.227 e. The summed E-state index contributed by atoms with van der Waals surface area (Å²) < 4.78 is 0. The Morgan fingerprint density at radius 1 is 1.16 bits per heavy atom. The lowest BCUT2D eigenvalue weighted by Gasteiger charge is -2.35. The predicted octanol–water partition coefficient (Wildman–Crippen LogP) is 2.19. The second-order valence-corrected chi connectivity index (χ2v) is 7.49. The number of amides is 1. The first-order valence-corrected chi connectivity index (χ1v) is 9.37. The van der Waals surface area contributed by atoms with Crippen LogP contribution in [0.3, 0.4) is 0 Å². The van der Waals surface area contributed by atoms with Gasteiger partial charge in [-0.1, -0.05) is 0 Å². The van der Waals surface area contributed by atoms with Crippen LogP contribution in [0.5, 0.6) is 0 Å². The average Bonchev–Trinajstić information content (AvgIpc) is 2.53. The van der Waals surface area contributed by atoms with Crippen molar-refractivity contribution in [3.05, 3.63) is 0 Å². The first kappa shape index (κ1) is 24.4. The first-order valence-electron chi connectivity index (χ1n) is 9.37. The molecule has 1 amide bonds. The van der Waals surface area contributed by atoms with Crippen LogP contribution in [-0.2, 0) is 4.79 Å². The highest BCUT2D eigenvalue weighted by molar-refractivity contribution is 14.0. The lowest BCUT2D eigenvalue weighted by molar-refractivity contribution is -0.128. The summed E-state index contributed by atoms with van der Waals surface area (Å²) in [4.78, 5) is 19.3. The zero-order valence-electron chi connectivity index (χ0n) is 16.8. The van der Waals surface area contributed by atoms with Crippen molar-refractivity contribution in [2.24, 2.45) is 10.4 Å². The molecule has 1 aliphatic rings. The highest BCUT2D eigenvalue weighted by Crippen LogP contribution is 2.16. The van der Waals surface area contributed by atoms with Gasteiger partial charge in [0.05, 0.1) is 12.0 Å². The van der Waals surface area contributed by atoms with E-state index in [1.165, 1.54) is 0 Å². The SMILES string of the molecule is CCNC(=O)C(C)(C)CN=C(NCC)NC1CCN(C(C)C)CC1.I. The third-order valence-corrected chi connectivity index (χ3v) is 4.53. The molecule has 1 heterocycles. The highest BCUT2D eigenvalue weighted by atomic mass is 127. The molecule has 1 rings (SSSR count). The molecule has 0 aromatic heterocycles. The fourth-order valence-corrected chi connectivity index (χ4v) is 2.82. The quantitative estimate of drug-likeness (QED) is 0.305. The highest BCUT2D eigenvalue weighted by Gasteiger charge is 2.27. The van der Waals surface area contributed by atoms with Gasteiger partial charge in [-0.2, -0.15) is 0 Å². The summed E-state index contributed by atoms with van der Waals surface area (Å²) in [6.07, 6.45) is 2.25. The maximum absolute atomic E-state index is 12.1. The Morgan fingerprint density at radius 3 is 2.20 bits per heavy atom. The van der Waals surface area contributed by atoms with Crippen LogP contribution in [0.1, 0.15) is 54.4 Å². The number of nitrogens with one attached hydrogen (secondary N) is 3. The summed E-state index contributed by atoms with van der Waals surface area (Å²) in [5, 5.41) is 9.73. The molecule has 0 aromatic rings. The molecule has 1 fully saturated rings. The van der Waals surface area contributed by atoms with Crippen molar-refractivity contribution in [1.82, 2.24) is 20.9 Å². The summed E-state index contributed by atoms with van der Waals surface area (Å²) in [6, 6.07) is 1.07. The molecule has 0 bridgehead atoms. The molecule has 7 heteroatoms. The summed E-state index contributed by atoms with van der Waals surface area (Å²) >= 11 is 0. The zero-order chi connectivity index (χ0) is 18.2. The molecular formula is C18H38IN5O. The number of carbonyl (C=O) groups excluding carboxylic acids is 1. The van der Waals surface area contributed by atoms with Gasteiger partial charge in [-0.05, 0) is 54.4 Å². The van der Waals surface area contributed by atoms with Crippen LogP contribution in [0, 0.1) is 5.41 Å². The summed E-state index contributed by atoms with van der Waals surface area (Å²) in [5.74, 6) is 0.868. The first-order chi connectivity index (χ1) is 11.3. The molecule has 1 saturated heterocycles. The molecule has 3 N–H and O–H groups in total. The van der Waals surface area contributed by atoms with Gasteiger partial charge in [0.25, 0.3) is 0 Å². The van der Waals surface area contributed by atoms with Crippen molar-refractivity contribution in [3.63, 3.8) is 0 Å². The van der Waals surface area contributed by atoms with Crippen molar-refractivity contribution >= 4 is 35.8 Å². The number of nitrogens with zero attached hydrogens (tertiary/aromatic N) is 2. The fourth-order valence-electron chi connectivity index (χ4n) is 2.82. The van der Waals surface area contributed by atoms with Crippen LogP contribution in [0.15, 0.2) is 4.99 Å². The van der Waals surface area contributed by atoms with E-state index in [2.05, 4.69) is 46.6 Å². The number of hydrogen-bond acceptors (Lipinski definition) is 3. The molecule has 0 aromatic carbocycles. The maximum atomic E-state index is 12.1.